The van der Waals surface area contributed by atoms with Crippen molar-refractivity contribution in [2.24, 2.45) is 11.1 Å². The number of rotatable bonds is 6. The number of benzene rings is 1. The minimum absolute atomic E-state index is 0.193. The first kappa shape index (κ1) is 15.0. The van der Waals surface area contributed by atoms with Crippen LogP contribution in [0.25, 0.3) is 0 Å². The van der Waals surface area contributed by atoms with E-state index in [-0.39, 0.29) is 11.7 Å². The van der Waals surface area contributed by atoms with Gasteiger partial charge < -0.3 is 14.7 Å². The van der Waals surface area contributed by atoms with Crippen LogP contribution in [0.15, 0.2) is 29.4 Å². The number of aromatic hydroxyl groups is 1. The number of ether oxygens (including phenoxy) is 1. The Hall–Kier alpha value is -2.04. The van der Waals surface area contributed by atoms with E-state index in [2.05, 4.69) is 5.16 Å². The zero-order valence-electron chi connectivity index (χ0n) is 11.4. The van der Waals surface area contributed by atoms with Crippen LogP contribution in [0.5, 0.6) is 5.75 Å². The van der Waals surface area contributed by atoms with Gasteiger partial charge in [-0.3, -0.25) is 4.79 Å². The summed E-state index contributed by atoms with van der Waals surface area (Å²) in [6.45, 7) is 4.01. The maximum absolute atomic E-state index is 11.8. The topological polar surface area (TPSA) is 68.1 Å². The summed E-state index contributed by atoms with van der Waals surface area (Å²) >= 11 is 0. The maximum atomic E-state index is 11.8. The quantitative estimate of drug-likeness (QED) is 0.486. The first-order valence-corrected chi connectivity index (χ1v) is 6.10. The smallest absolute Gasteiger partial charge is 0.314 e. The van der Waals surface area contributed by atoms with Gasteiger partial charge >= 0.3 is 5.97 Å². The van der Waals surface area contributed by atoms with E-state index in [1.807, 2.05) is 6.92 Å². The molecule has 0 fully saturated rings. The fourth-order valence-electron chi connectivity index (χ4n) is 1.64. The Bertz CT molecular complexity index is 439. The van der Waals surface area contributed by atoms with Crippen molar-refractivity contribution in [2.45, 2.75) is 20.3 Å². The van der Waals surface area contributed by atoms with Crippen molar-refractivity contribution in [1.82, 2.24) is 0 Å². The number of hydrogen-bond donors (Lipinski definition) is 1. The lowest BCUT2D eigenvalue weighted by Crippen LogP contribution is -2.26. The zero-order chi connectivity index (χ0) is 14.3. The normalized spacial score (nSPS) is 12.9. The molecule has 5 heteroatoms. The van der Waals surface area contributed by atoms with Crippen molar-refractivity contribution in [3.8, 4) is 5.75 Å². The van der Waals surface area contributed by atoms with Crippen molar-refractivity contribution < 1.29 is 19.5 Å². The summed E-state index contributed by atoms with van der Waals surface area (Å²) in [4.78, 5) is 16.7. The average molecular weight is 265 g/mol. The largest absolute Gasteiger partial charge is 0.508 e. The van der Waals surface area contributed by atoms with Crippen LogP contribution in [-0.2, 0) is 20.8 Å². The predicted octanol–water partition coefficient (Wildman–Crippen LogP) is 2.14. The third-order valence-electron chi connectivity index (χ3n) is 2.70. The van der Waals surface area contributed by atoms with Gasteiger partial charge in [-0.05, 0) is 38.0 Å². The molecule has 1 N–H and O–H groups in total. The lowest BCUT2D eigenvalue weighted by Gasteiger charge is -2.14. The SMILES string of the molecule is CCO/N=C(/C)C(Cc1ccc(O)cc1)C(=O)OC. The molecule has 0 saturated heterocycles. The summed E-state index contributed by atoms with van der Waals surface area (Å²) in [6, 6.07) is 6.69. The third kappa shape index (κ3) is 4.62. The second-order valence-corrected chi connectivity index (χ2v) is 4.10. The second kappa shape index (κ2) is 7.41. The van der Waals surface area contributed by atoms with Gasteiger partial charge in [0.2, 0.25) is 0 Å². The molecule has 0 aliphatic carbocycles. The highest BCUT2D eigenvalue weighted by molar-refractivity contribution is 6.00. The van der Waals surface area contributed by atoms with Crippen LogP contribution in [0.1, 0.15) is 19.4 Å². The van der Waals surface area contributed by atoms with E-state index >= 15 is 0 Å². The van der Waals surface area contributed by atoms with Crippen LogP contribution < -0.4 is 0 Å². The number of esters is 1. The molecular weight excluding hydrogens is 246 g/mol. The number of hydrogen-bond acceptors (Lipinski definition) is 5. The van der Waals surface area contributed by atoms with E-state index in [0.717, 1.165) is 5.56 Å². The Labute approximate surface area is 112 Å². The van der Waals surface area contributed by atoms with Gasteiger partial charge in [0.15, 0.2) is 0 Å². The van der Waals surface area contributed by atoms with Gasteiger partial charge in [0.25, 0.3) is 0 Å². The molecule has 0 radical (unpaired) electrons. The standard InChI is InChI=1S/C14H19NO4/c1-4-19-15-10(2)13(14(17)18-3)9-11-5-7-12(16)8-6-11/h5-8,13,16H,4,9H2,1-3H3/b15-10-. The fraction of sp³-hybridized carbons (Fsp3) is 0.429. The Morgan fingerprint density at radius 1 is 1.37 bits per heavy atom. The molecule has 0 aliphatic heterocycles. The number of nitrogens with zero attached hydrogens (tertiary/aromatic N) is 1. The highest BCUT2D eigenvalue weighted by Gasteiger charge is 2.23. The summed E-state index contributed by atoms with van der Waals surface area (Å²) in [5.74, 6) is -0.645. The Balaban J connectivity index is 2.86. The molecular formula is C14H19NO4. The predicted molar refractivity (Wildman–Crippen MR) is 72.1 cm³/mol. The van der Waals surface area contributed by atoms with Crippen molar-refractivity contribution in [3.05, 3.63) is 29.8 Å². The highest BCUT2D eigenvalue weighted by Crippen LogP contribution is 2.16. The minimum atomic E-state index is -0.485. The molecule has 1 aromatic carbocycles. The maximum Gasteiger partial charge on any atom is 0.314 e. The van der Waals surface area contributed by atoms with E-state index in [4.69, 9.17) is 9.57 Å². The lowest BCUT2D eigenvalue weighted by atomic mass is 9.95. The molecule has 1 unspecified atom stereocenters. The van der Waals surface area contributed by atoms with Gasteiger partial charge in [-0.2, -0.15) is 0 Å². The van der Waals surface area contributed by atoms with E-state index in [1.54, 1.807) is 31.2 Å². The van der Waals surface area contributed by atoms with Gasteiger partial charge in [0.1, 0.15) is 18.3 Å². The molecule has 5 nitrogen and oxygen atoms in total. The Morgan fingerprint density at radius 3 is 2.53 bits per heavy atom. The summed E-state index contributed by atoms with van der Waals surface area (Å²) in [6.07, 6.45) is 0.454. The molecule has 1 rings (SSSR count). The van der Waals surface area contributed by atoms with Crippen molar-refractivity contribution in [2.75, 3.05) is 13.7 Å². The monoisotopic (exact) mass is 265 g/mol. The lowest BCUT2D eigenvalue weighted by molar-refractivity contribution is -0.143. The van der Waals surface area contributed by atoms with Crippen LogP contribution in [0, 0.1) is 5.92 Å². The van der Waals surface area contributed by atoms with Gasteiger partial charge in [-0.25, -0.2) is 0 Å². The molecule has 1 aromatic rings. The molecule has 1 atom stereocenters. The van der Waals surface area contributed by atoms with Crippen molar-refractivity contribution in [3.63, 3.8) is 0 Å². The molecule has 0 amide bonds. The molecule has 0 spiro atoms. The number of phenols is 1. The molecule has 104 valence electrons. The van der Waals surface area contributed by atoms with Crippen LogP contribution in [0.3, 0.4) is 0 Å². The van der Waals surface area contributed by atoms with Crippen molar-refractivity contribution >= 4 is 11.7 Å². The third-order valence-corrected chi connectivity index (χ3v) is 2.70. The van der Waals surface area contributed by atoms with Crippen LogP contribution in [0.2, 0.25) is 0 Å². The van der Waals surface area contributed by atoms with Gasteiger partial charge in [0, 0.05) is 0 Å². The summed E-state index contributed by atoms with van der Waals surface area (Å²) in [5.41, 5.74) is 1.49. The Morgan fingerprint density at radius 2 is 2.00 bits per heavy atom. The van der Waals surface area contributed by atoms with Crippen LogP contribution in [0.4, 0.5) is 0 Å². The average Bonchev–Trinajstić information content (AvgIpc) is 2.43. The Kier molecular flexibility index (Phi) is 5.85. The fourth-order valence-corrected chi connectivity index (χ4v) is 1.64. The van der Waals surface area contributed by atoms with E-state index in [9.17, 15) is 9.90 Å². The summed E-state index contributed by atoms with van der Waals surface area (Å²) in [7, 11) is 1.35. The van der Waals surface area contributed by atoms with Crippen LogP contribution >= 0.6 is 0 Å². The van der Waals surface area contributed by atoms with E-state index in [0.29, 0.717) is 18.7 Å². The summed E-state index contributed by atoms with van der Waals surface area (Å²) in [5, 5.41) is 13.1. The first-order valence-electron chi connectivity index (χ1n) is 6.10. The number of methoxy groups -OCH3 is 1. The minimum Gasteiger partial charge on any atom is -0.508 e. The molecule has 0 bridgehead atoms. The van der Waals surface area contributed by atoms with Gasteiger partial charge in [-0.1, -0.05) is 17.3 Å². The zero-order valence-corrected chi connectivity index (χ0v) is 11.4. The second-order valence-electron chi connectivity index (χ2n) is 4.10. The number of phenolic OH excluding ortho intramolecular Hbond substituents is 1. The molecule has 0 heterocycles. The van der Waals surface area contributed by atoms with E-state index in [1.165, 1.54) is 7.11 Å². The molecule has 19 heavy (non-hydrogen) atoms. The van der Waals surface area contributed by atoms with Gasteiger partial charge in [0.05, 0.1) is 12.8 Å². The molecule has 0 aliphatic rings. The summed E-state index contributed by atoms with van der Waals surface area (Å²) < 4.78 is 4.78. The van der Waals surface area contributed by atoms with Crippen LogP contribution in [-0.4, -0.2) is 30.5 Å². The highest BCUT2D eigenvalue weighted by atomic mass is 16.6. The van der Waals surface area contributed by atoms with Crippen molar-refractivity contribution in [1.29, 1.82) is 0 Å². The molecule has 0 saturated carbocycles. The van der Waals surface area contributed by atoms with E-state index < -0.39 is 5.92 Å². The van der Waals surface area contributed by atoms with Gasteiger partial charge in [-0.15, -0.1) is 0 Å². The number of carbonyl (C=O) groups is 1. The first-order chi connectivity index (χ1) is 9.08. The number of oxime groups is 1. The molecule has 0 aromatic heterocycles. The number of carbonyl (C=O) groups excluding carboxylic acids is 1.